The lowest BCUT2D eigenvalue weighted by molar-refractivity contribution is -0.00341. The van der Waals surface area contributed by atoms with Crippen LogP contribution in [0.15, 0.2) is 54.7 Å². The van der Waals surface area contributed by atoms with Gasteiger partial charge in [-0.15, -0.1) is 0 Å². The van der Waals surface area contributed by atoms with Crippen molar-refractivity contribution >= 4 is 16.8 Å². The first-order valence-electron chi connectivity index (χ1n) is 10.6. The van der Waals surface area contributed by atoms with Crippen LogP contribution in [0.1, 0.15) is 34.7 Å². The highest BCUT2D eigenvalue weighted by Gasteiger charge is 2.54. The third kappa shape index (κ3) is 2.60. The smallest absolute Gasteiger partial charge is 0.254 e. The maximum absolute atomic E-state index is 13.6. The van der Waals surface area contributed by atoms with Crippen LogP contribution < -0.4 is 0 Å². The molecule has 4 aliphatic rings. The highest BCUT2D eigenvalue weighted by molar-refractivity contribution is 5.98. The molecule has 2 N–H and O–H groups in total. The minimum atomic E-state index is 0.138. The molecule has 4 fully saturated rings. The Morgan fingerprint density at radius 3 is 2.72 bits per heavy atom. The van der Waals surface area contributed by atoms with Crippen molar-refractivity contribution in [3.05, 3.63) is 65.9 Å². The zero-order valence-electron chi connectivity index (χ0n) is 16.3. The summed E-state index contributed by atoms with van der Waals surface area (Å²) in [5.41, 5.74) is 2.97. The number of piperidine rings is 3. The number of likely N-dealkylation sites (tertiary alicyclic amines) is 1. The Morgan fingerprint density at radius 1 is 1.03 bits per heavy atom. The number of benzene rings is 2. The zero-order valence-corrected chi connectivity index (χ0v) is 16.3. The SMILES string of the molecule is O=C(c1ccc2[nH]ccc2c1)N1C[C@@H](c2cccc(O)c2)[C@@H]2[C@H]1C1CCN2CC1. The van der Waals surface area contributed by atoms with E-state index in [1.807, 2.05) is 42.6 Å². The van der Waals surface area contributed by atoms with Crippen molar-refractivity contribution in [1.82, 2.24) is 14.8 Å². The first kappa shape index (κ1) is 17.1. The fraction of sp³-hybridized carbons (Fsp3) is 0.375. The first-order chi connectivity index (χ1) is 14.2. The van der Waals surface area contributed by atoms with E-state index in [9.17, 15) is 9.90 Å². The molecule has 2 bridgehead atoms. The minimum Gasteiger partial charge on any atom is -0.508 e. The number of H-pyrrole nitrogens is 1. The Balaban J connectivity index is 1.39. The van der Waals surface area contributed by atoms with E-state index in [0.717, 1.165) is 41.7 Å². The fourth-order valence-electron chi connectivity index (χ4n) is 6.06. The molecule has 3 aromatic rings. The van der Waals surface area contributed by atoms with E-state index in [1.165, 1.54) is 12.8 Å². The van der Waals surface area contributed by atoms with Crippen LogP contribution in [0.25, 0.3) is 10.9 Å². The summed E-state index contributed by atoms with van der Waals surface area (Å²) in [6, 6.07) is 16.2. The summed E-state index contributed by atoms with van der Waals surface area (Å²) in [6.45, 7) is 2.97. The number of rotatable bonds is 2. The number of aromatic hydroxyl groups is 1. The van der Waals surface area contributed by atoms with Gasteiger partial charge >= 0.3 is 0 Å². The molecule has 0 saturated carbocycles. The summed E-state index contributed by atoms with van der Waals surface area (Å²) in [6.07, 6.45) is 4.26. The molecule has 0 radical (unpaired) electrons. The van der Waals surface area contributed by atoms with Gasteiger partial charge in [-0.2, -0.15) is 0 Å². The quantitative estimate of drug-likeness (QED) is 0.707. The molecular weight excluding hydrogens is 362 g/mol. The second kappa shape index (κ2) is 6.36. The summed E-state index contributed by atoms with van der Waals surface area (Å²) in [5, 5.41) is 11.1. The van der Waals surface area contributed by atoms with E-state index >= 15 is 0 Å². The molecule has 1 amide bonds. The summed E-state index contributed by atoms with van der Waals surface area (Å²) in [4.78, 5) is 21.6. The summed E-state index contributed by atoms with van der Waals surface area (Å²) < 4.78 is 0. The predicted molar refractivity (Wildman–Crippen MR) is 112 cm³/mol. The van der Waals surface area contributed by atoms with Crippen molar-refractivity contribution in [2.75, 3.05) is 19.6 Å². The van der Waals surface area contributed by atoms with Crippen molar-refractivity contribution in [1.29, 1.82) is 0 Å². The third-order valence-corrected chi connectivity index (χ3v) is 7.35. The Labute approximate surface area is 169 Å². The lowest BCUT2D eigenvalue weighted by atomic mass is 9.75. The van der Waals surface area contributed by atoms with Gasteiger partial charge in [0.05, 0.1) is 6.04 Å². The third-order valence-electron chi connectivity index (χ3n) is 7.35. The molecule has 2 aromatic carbocycles. The molecule has 5 nitrogen and oxygen atoms in total. The number of aromatic nitrogens is 1. The average molecular weight is 387 g/mol. The number of phenols is 1. The Bertz CT molecular complexity index is 1080. The van der Waals surface area contributed by atoms with Crippen LogP contribution in [0.2, 0.25) is 0 Å². The van der Waals surface area contributed by atoms with Crippen LogP contribution in [0.3, 0.4) is 0 Å². The van der Waals surface area contributed by atoms with Crippen LogP contribution in [-0.4, -0.2) is 57.5 Å². The molecule has 4 aliphatic heterocycles. The van der Waals surface area contributed by atoms with E-state index in [2.05, 4.69) is 20.9 Å². The Hall–Kier alpha value is -2.79. The Kier molecular flexibility index (Phi) is 3.75. The van der Waals surface area contributed by atoms with Gasteiger partial charge in [0.2, 0.25) is 0 Å². The van der Waals surface area contributed by atoms with Crippen LogP contribution in [0.5, 0.6) is 5.75 Å². The van der Waals surface area contributed by atoms with E-state index < -0.39 is 0 Å². The van der Waals surface area contributed by atoms with E-state index in [-0.39, 0.29) is 17.9 Å². The number of fused-ring (bicyclic) bond motifs is 3. The minimum absolute atomic E-state index is 0.138. The first-order valence-corrected chi connectivity index (χ1v) is 10.6. The molecule has 148 valence electrons. The van der Waals surface area contributed by atoms with Crippen LogP contribution in [-0.2, 0) is 0 Å². The highest BCUT2D eigenvalue weighted by atomic mass is 16.3. The lowest BCUT2D eigenvalue weighted by Gasteiger charge is -2.51. The standard InChI is InChI=1S/C24H25N3O2/c28-19-3-1-2-16(13-19)20-14-27(22-15-7-10-26(11-8-15)23(20)22)24(29)18-4-5-21-17(12-18)6-9-25-21/h1-6,9,12-13,15,20,22-23,25,28H,7-8,10-11,14H2/t20-,22+,23+/m0/s1. The number of nitrogens with zero attached hydrogens (tertiary/aromatic N) is 2. The zero-order chi connectivity index (χ0) is 19.5. The van der Waals surface area contributed by atoms with Crippen LogP contribution in [0.4, 0.5) is 0 Å². The number of carbonyl (C=O) groups is 1. The predicted octanol–water partition coefficient (Wildman–Crippen LogP) is 3.58. The van der Waals surface area contributed by atoms with Crippen molar-refractivity contribution in [3.8, 4) is 5.75 Å². The van der Waals surface area contributed by atoms with Gasteiger partial charge < -0.3 is 15.0 Å². The largest absolute Gasteiger partial charge is 0.508 e. The molecule has 5 heterocycles. The van der Waals surface area contributed by atoms with Gasteiger partial charge in [0, 0.05) is 41.2 Å². The number of hydrogen-bond donors (Lipinski definition) is 2. The number of phenolic OH excluding ortho intramolecular Hbond substituents is 1. The number of carbonyl (C=O) groups excluding carboxylic acids is 1. The molecule has 1 aromatic heterocycles. The van der Waals surface area contributed by atoms with Crippen LogP contribution in [0, 0.1) is 5.92 Å². The summed E-state index contributed by atoms with van der Waals surface area (Å²) in [7, 11) is 0. The second-order valence-electron chi connectivity index (χ2n) is 8.79. The van der Waals surface area contributed by atoms with Gasteiger partial charge in [-0.05, 0) is 73.8 Å². The summed E-state index contributed by atoms with van der Waals surface area (Å²) >= 11 is 0. The van der Waals surface area contributed by atoms with E-state index in [0.29, 0.717) is 17.7 Å². The number of hydrogen-bond acceptors (Lipinski definition) is 3. The normalized spacial score (nSPS) is 30.6. The lowest BCUT2D eigenvalue weighted by Crippen LogP contribution is -2.60. The van der Waals surface area contributed by atoms with Gasteiger partial charge in [-0.1, -0.05) is 12.1 Å². The average Bonchev–Trinajstić information content (AvgIpc) is 3.39. The molecule has 7 rings (SSSR count). The fourth-order valence-corrected chi connectivity index (χ4v) is 6.06. The van der Waals surface area contributed by atoms with Crippen molar-refractivity contribution in [2.45, 2.75) is 30.8 Å². The second-order valence-corrected chi connectivity index (χ2v) is 8.79. The van der Waals surface area contributed by atoms with E-state index in [4.69, 9.17) is 0 Å². The van der Waals surface area contributed by atoms with Crippen LogP contribution >= 0.6 is 0 Å². The molecule has 4 saturated heterocycles. The van der Waals surface area contributed by atoms with Crippen molar-refractivity contribution < 1.29 is 9.90 Å². The van der Waals surface area contributed by atoms with Gasteiger partial charge in [0.1, 0.15) is 5.75 Å². The highest BCUT2D eigenvalue weighted by Crippen LogP contribution is 2.47. The molecule has 0 aliphatic carbocycles. The number of nitrogens with one attached hydrogen (secondary N) is 1. The van der Waals surface area contributed by atoms with Gasteiger partial charge in [0.15, 0.2) is 0 Å². The molecule has 0 unspecified atom stereocenters. The molecule has 0 spiro atoms. The Morgan fingerprint density at radius 2 is 1.90 bits per heavy atom. The van der Waals surface area contributed by atoms with Gasteiger partial charge in [-0.25, -0.2) is 0 Å². The van der Waals surface area contributed by atoms with Gasteiger partial charge in [-0.3, -0.25) is 9.69 Å². The monoisotopic (exact) mass is 387 g/mol. The van der Waals surface area contributed by atoms with E-state index in [1.54, 1.807) is 6.07 Å². The van der Waals surface area contributed by atoms with Crippen molar-refractivity contribution in [2.24, 2.45) is 5.92 Å². The van der Waals surface area contributed by atoms with Crippen molar-refractivity contribution in [3.63, 3.8) is 0 Å². The maximum Gasteiger partial charge on any atom is 0.254 e. The maximum atomic E-state index is 13.6. The number of aromatic amines is 1. The molecule has 29 heavy (non-hydrogen) atoms. The topological polar surface area (TPSA) is 59.6 Å². The van der Waals surface area contributed by atoms with Gasteiger partial charge in [0.25, 0.3) is 5.91 Å². The molecule has 3 atom stereocenters. The summed E-state index contributed by atoms with van der Waals surface area (Å²) in [5.74, 6) is 1.26. The molecule has 5 heteroatoms. The molecular formula is C24H25N3O2. The number of amides is 1.